The summed E-state index contributed by atoms with van der Waals surface area (Å²) in [6.07, 6.45) is 8.81. The highest BCUT2D eigenvalue weighted by molar-refractivity contribution is 6.07. The molecule has 1 saturated heterocycles. The minimum absolute atomic E-state index is 0.0875. The highest BCUT2D eigenvalue weighted by Gasteiger charge is 2.49. The van der Waals surface area contributed by atoms with E-state index in [0.29, 0.717) is 5.92 Å². The van der Waals surface area contributed by atoms with Crippen LogP contribution in [0.3, 0.4) is 0 Å². The van der Waals surface area contributed by atoms with Gasteiger partial charge in [0.05, 0.1) is 11.8 Å². The molecule has 3 aliphatic carbocycles. The van der Waals surface area contributed by atoms with E-state index in [-0.39, 0.29) is 42.1 Å². The second-order valence-electron chi connectivity index (χ2n) is 8.45. The zero-order valence-corrected chi connectivity index (χ0v) is 14.5. The van der Waals surface area contributed by atoms with E-state index in [1.807, 2.05) is 0 Å². The number of hydrogen-bond donors (Lipinski definition) is 1. The monoisotopic (exact) mass is 332 g/mol. The highest BCUT2D eigenvalue weighted by atomic mass is 16.2. The van der Waals surface area contributed by atoms with E-state index in [0.717, 1.165) is 37.5 Å². The molecule has 4 aliphatic rings. The number of nitrogens with one attached hydrogen (secondary N) is 1. The zero-order chi connectivity index (χ0) is 16.8. The first-order valence-corrected chi connectivity index (χ1v) is 9.69. The van der Waals surface area contributed by atoms with E-state index in [1.165, 1.54) is 30.6 Å². The minimum Gasteiger partial charge on any atom is -0.352 e. The van der Waals surface area contributed by atoms with Crippen molar-refractivity contribution in [1.29, 1.82) is 0 Å². The van der Waals surface area contributed by atoms with Crippen molar-refractivity contribution >= 4 is 17.7 Å². The molecule has 24 heavy (non-hydrogen) atoms. The normalized spacial score (nSPS) is 39.2. The Morgan fingerprint density at radius 1 is 1.08 bits per heavy atom. The molecule has 0 aromatic carbocycles. The fourth-order valence-electron chi connectivity index (χ4n) is 5.84. The molecule has 132 valence electrons. The Bertz CT molecular complexity index is 537. The second-order valence-corrected chi connectivity index (χ2v) is 8.45. The van der Waals surface area contributed by atoms with Crippen LogP contribution >= 0.6 is 0 Å². The summed E-state index contributed by atoms with van der Waals surface area (Å²) in [5.74, 6) is 1.43. The van der Waals surface area contributed by atoms with Gasteiger partial charge in [0.15, 0.2) is 0 Å². The summed E-state index contributed by atoms with van der Waals surface area (Å²) in [6, 6.07) is 0.142. The van der Waals surface area contributed by atoms with Crippen LogP contribution in [0.5, 0.6) is 0 Å². The van der Waals surface area contributed by atoms with E-state index in [1.54, 1.807) is 0 Å². The van der Waals surface area contributed by atoms with Crippen molar-refractivity contribution in [3.05, 3.63) is 0 Å². The first-order valence-electron chi connectivity index (χ1n) is 9.69. The molecule has 0 spiro atoms. The summed E-state index contributed by atoms with van der Waals surface area (Å²) in [5.41, 5.74) is 0. The van der Waals surface area contributed by atoms with Gasteiger partial charge in [-0.2, -0.15) is 0 Å². The molecule has 3 amide bonds. The van der Waals surface area contributed by atoms with Crippen LogP contribution in [0.1, 0.15) is 58.3 Å². The molecule has 1 N–H and O–H groups in total. The van der Waals surface area contributed by atoms with E-state index in [9.17, 15) is 14.4 Å². The molecular weight excluding hydrogens is 304 g/mol. The Morgan fingerprint density at radius 2 is 1.75 bits per heavy atom. The van der Waals surface area contributed by atoms with Gasteiger partial charge >= 0.3 is 0 Å². The first kappa shape index (κ1) is 16.1. The summed E-state index contributed by atoms with van der Waals surface area (Å²) >= 11 is 0. The Labute approximate surface area is 143 Å². The molecule has 4 rings (SSSR count). The molecule has 1 aliphatic heterocycles. The number of amides is 3. The number of hydrogen-bond acceptors (Lipinski definition) is 3. The van der Waals surface area contributed by atoms with Crippen molar-refractivity contribution in [3.8, 4) is 0 Å². The lowest BCUT2D eigenvalue weighted by atomic mass is 9.81. The third-order valence-electron chi connectivity index (χ3n) is 7.06. The van der Waals surface area contributed by atoms with Gasteiger partial charge in [-0.25, -0.2) is 0 Å². The lowest BCUT2D eigenvalue weighted by Crippen LogP contribution is -2.46. The van der Waals surface area contributed by atoms with Crippen LogP contribution in [0.15, 0.2) is 0 Å². The van der Waals surface area contributed by atoms with E-state index < -0.39 is 0 Å². The fraction of sp³-hybridized carbons (Fsp3) is 0.842. The molecular formula is C19H28N2O3. The molecule has 6 atom stereocenters. The summed E-state index contributed by atoms with van der Waals surface area (Å²) in [6.45, 7) is 1.99. The maximum absolute atomic E-state index is 12.5. The number of carbonyl (C=O) groups excluding carboxylic acids is 3. The summed E-state index contributed by atoms with van der Waals surface area (Å²) < 4.78 is 0. The van der Waals surface area contributed by atoms with Gasteiger partial charge in [0.25, 0.3) is 0 Å². The third kappa shape index (κ3) is 2.66. The van der Waals surface area contributed by atoms with Crippen LogP contribution in [-0.4, -0.2) is 35.2 Å². The van der Waals surface area contributed by atoms with Gasteiger partial charge in [-0.1, -0.05) is 19.3 Å². The van der Waals surface area contributed by atoms with Crippen molar-refractivity contribution in [3.63, 3.8) is 0 Å². The summed E-state index contributed by atoms with van der Waals surface area (Å²) in [5, 5.41) is 3.07. The predicted octanol–water partition coefficient (Wildman–Crippen LogP) is 2.10. The lowest BCUT2D eigenvalue weighted by Gasteiger charge is -2.29. The van der Waals surface area contributed by atoms with Gasteiger partial charge in [-0.05, 0) is 56.8 Å². The highest BCUT2D eigenvalue weighted by Crippen LogP contribution is 2.49. The van der Waals surface area contributed by atoms with E-state index >= 15 is 0 Å². The molecule has 6 unspecified atom stereocenters. The Balaban J connectivity index is 1.34. The first-order chi connectivity index (χ1) is 11.5. The summed E-state index contributed by atoms with van der Waals surface area (Å²) in [7, 11) is 0. The molecule has 2 bridgehead atoms. The smallest absolute Gasteiger partial charge is 0.240 e. The Hall–Kier alpha value is -1.39. The molecule has 0 aromatic heterocycles. The number of nitrogens with zero attached hydrogens (tertiary/aromatic N) is 1. The Morgan fingerprint density at radius 3 is 2.29 bits per heavy atom. The molecule has 4 fully saturated rings. The van der Waals surface area contributed by atoms with Crippen molar-refractivity contribution < 1.29 is 14.4 Å². The van der Waals surface area contributed by atoms with Gasteiger partial charge in [0, 0.05) is 6.04 Å². The molecule has 3 saturated carbocycles. The molecule has 5 nitrogen and oxygen atoms in total. The topological polar surface area (TPSA) is 66.5 Å². The van der Waals surface area contributed by atoms with Gasteiger partial charge in [-0.15, -0.1) is 0 Å². The fourth-order valence-corrected chi connectivity index (χ4v) is 5.84. The number of rotatable bonds is 4. The predicted molar refractivity (Wildman–Crippen MR) is 88.7 cm³/mol. The average Bonchev–Trinajstić information content (AvgIpc) is 3.26. The van der Waals surface area contributed by atoms with Gasteiger partial charge in [0.2, 0.25) is 17.7 Å². The SMILES string of the molecule is CC(NC(=O)CN1C(=O)C2CCCCC2C1=O)C1CC2CCC1C2. The standard InChI is InChI=1S/C19H28N2O3/c1-11(16-9-12-6-7-13(16)8-12)20-17(22)10-21-18(23)14-4-2-3-5-15(14)19(21)24/h11-16H,2-10H2,1H3,(H,20,22). The molecule has 5 heteroatoms. The number of imide groups is 1. The minimum atomic E-state index is -0.175. The maximum Gasteiger partial charge on any atom is 0.240 e. The van der Waals surface area contributed by atoms with Gasteiger partial charge in [0.1, 0.15) is 6.54 Å². The van der Waals surface area contributed by atoms with Crippen molar-refractivity contribution in [2.24, 2.45) is 29.6 Å². The van der Waals surface area contributed by atoms with Crippen LogP contribution in [-0.2, 0) is 14.4 Å². The summed E-state index contributed by atoms with van der Waals surface area (Å²) in [4.78, 5) is 38.6. The quantitative estimate of drug-likeness (QED) is 0.802. The number of likely N-dealkylation sites (tertiary alicyclic amines) is 1. The number of fused-ring (bicyclic) bond motifs is 3. The zero-order valence-electron chi connectivity index (χ0n) is 14.5. The second kappa shape index (κ2) is 6.16. The molecule has 0 aromatic rings. The van der Waals surface area contributed by atoms with Crippen molar-refractivity contribution in [2.75, 3.05) is 6.54 Å². The largest absolute Gasteiger partial charge is 0.352 e. The number of carbonyl (C=O) groups is 3. The third-order valence-corrected chi connectivity index (χ3v) is 7.06. The van der Waals surface area contributed by atoms with Crippen LogP contribution in [0.4, 0.5) is 0 Å². The van der Waals surface area contributed by atoms with Crippen LogP contribution in [0, 0.1) is 29.6 Å². The van der Waals surface area contributed by atoms with E-state index in [2.05, 4.69) is 12.2 Å². The lowest BCUT2D eigenvalue weighted by molar-refractivity contribution is -0.143. The van der Waals surface area contributed by atoms with Crippen molar-refractivity contribution in [2.45, 2.75) is 64.3 Å². The van der Waals surface area contributed by atoms with Crippen LogP contribution in [0.2, 0.25) is 0 Å². The van der Waals surface area contributed by atoms with Gasteiger partial charge < -0.3 is 5.32 Å². The molecule has 0 radical (unpaired) electrons. The van der Waals surface area contributed by atoms with Crippen LogP contribution in [0.25, 0.3) is 0 Å². The van der Waals surface area contributed by atoms with Crippen LogP contribution < -0.4 is 5.32 Å². The van der Waals surface area contributed by atoms with Crippen molar-refractivity contribution in [1.82, 2.24) is 10.2 Å². The average molecular weight is 332 g/mol. The van der Waals surface area contributed by atoms with E-state index in [4.69, 9.17) is 0 Å². The van der Waals surface area contributed by atoms with Gasteiger partial charge in [-0.3, -0.25) is 19.3 Å². The molecule has 1 heterocycles. The Kier molecular flexibility index (Phi) is 4.13. The maximum atomic E-state index is 12.5.